The summed E-state index contributed by atoms with van der Waals surface area (Å²) in [4.78, 5) is 0. The van der Waals surface area contributed by atoms with Crippen molar-refractivity contribution in [2.75, 3.05) is 46.2 Å². The molecule has 0 aliphatic rings. The van der Waals surface area contributed by atoms with Gasteiger partial charge in [-0.1, -0.05) is 13.3 Å². The first kappa shape index (κ1) is 16.8. The number of ether oxygens (including phenoxy) is 4. The highest BCUT2D eigenvalue weighted by Gasteiger charge is 1.99. The van der Waals surface area contributed by atoms with E-state index in [4.69, 9.17) is 18.9 Å². The van der Waals surface area contributed by atoms with Crippen molar-refractivity contribution in [2.24, 2.45) is 0 Å². The van der Waals surface area contributed by atoms with Crippen LogP contribution in [-0.2, 0) is 18.9 Å². The molecule has 0 heterocycles. The van der Waals surface area contributed by atoms with Crippen LogP contribution in [0.4, 0.5) is 0 Å². The first-order valence-electron chi connectivity index (χ1n) is 6.66. The molecule has 4 heteroatoms. The molecule has 0 aromatic carbocycles. The van der Waals surface area contributed by atoms with E-state index in [1.54, 1.807) is 0 Å². The smallest absolute Gasteiger partial charge is 0.0704 e. The van der Waals surface area contributed by atoms with Gasteiger partial charge >= 0.3 is 0 Å². The summed E-state index contributed by atoms with van der Waals surface area (Å²) in [6.45, 7) is 10.8. The molecule has 104 valence electrons. The molecule has 17 heavy (non-hydrogen) atoms. The third kappa shape index (κ3) is 13.8. The van der Waals surface area contributed by atoms with Gasteiger partial charge in [-0.2, -0.15) is 0 Å². The molecule has 0 aromatic heterocycles. The first-order chi connectivity index (χ1) is 8.31. The standard InChI is InChI=1S/C13H28O4/c1-4-6-13(3)17-12-11-16-10-9-15-8-7-14-5-2/h13H,4-12H2,1-3H3. The van der Waals surface area contributed by atoms with Crippen LogP contribution in [0.3, 0.4) is 0 Å². The third-order valence-corrected chi connectivity index (χ3v) is 2.27. The average molecular weight is 248 g/mol. The van der Waals surface area contributed by atoms with Crippen LogP contribution in [0.2, 0.25) is 0 Å². The van der Waals surface area contributed by atoms with Crippen LogP contribution in [0.15, 0.2) is 0 Å². The molecule has 0 aliphatic heterocycles. The van der Waals surface area contributed by atoms with Gasteiger partial charge in [0.15, 0.2) is 0 Å². The molecule has 1 atom stereocenters. The maximum absolute atomic E-state index is 5.56. The lowest BCUT2D eigenvalue weighted by Gasteiger charge is -2.11. The Hall–Kier alpha value is -0.160. The van der Waals surface area contributed by atoms with Crippen molar-refractivity contribution in [3.63, 3.8) is 0 Å². The predicted molar refractivity (Wildman–Crippen MR) is 68.5 cm³/mol. The maximum atomic E-state index is 5.56. The Bertz CT molecular complexity index is 141. The van der Waals surface area contributed by atoms with E-state index in [9.17, 15) is 0 Å². The van der Waals surface area contributed by atoms with Crippen LogP contribution >= 0.6 is 0 Å². The zero-order valence-electron chi connectivity index (χ0n) is 11.6. The van der Waals surface area contributed by atoms with Crippen LogP contribution in [0.1, 0.15) is 33.6 Å². The quantitative estimate of drug-likeness (QED) is 0.469. The molecule has 0 saturated carbocycles. The number of hydrogen-bond acceptors (Lipinski definition) is 4. The molecule has 0 bridgehead atoms. The minimum Gasteiger partial charge on any atom is -0.379 e. The Morgan fingerprint density at radius 3 is 1.82 bits per heavy atom. The molecule has 4 nitrogen and oxygen atoms in total. The van der Waals surface area contributed by atoms with Crippen LogP contribution in [0.5, 0.6) is 0 Å². The Morgan fingerprint density at radius 2 is 1.29 bits per heavy atom. The van der Waals surface area contributed by atoms with Gasteiger partial charge in [-0.15, -0.1) is 0 Å². The summed E-state index contributed by atoms with van der Waals surface area (Å²) in [5, 5.41) is 0. The fraction of sp³-hybridized carbons (Fsp3) is 1.00. The van der Waals surface area contributed by atoms with Crippen LogP contribution < -0.4 is 0 Å². The van der Waals surface area contributed by atoms with Crippen molar-refractivity contribution < 1.29 is 18.9 Å². The summed E-state index contributed by atoms with van der Waals surface area (Å²) in [6.07, 6.45) is 2.61. The van der Waals surface area contributed by atoms with Gasteiger partial charge in [-0.05, 0) is 20.3 Å². The van der Waals surface area contributed by atoms with Crippen LogP contribution in [-0.4, -0.2) is 52.4 Å². The van der Waals surface area contributed by atoms with E-state index in [0.717, 1.165) is 19.4 Å². The second-order valence-electron chi connectivity index (χ2n) is 3.89. The second kappa shape index (κ2) is 13.9. The zero-order chi connectivity index (χ0) is 12.8. The Morgan fingerprint density at radius 1 is 0.765 bits per heavy atom. The highest BCUT2D eigenvalue weighted by molar-refractivity contribution is 4.47. The Kier molecular flexibility index (Phi) is 13.8. The van der Waals surface area contributed by atoms with Crippen molar-refractivity contribution in [2.45, 2.75) is 39.7 Å². The summed E-state index contributed by atoms with van der Waals surface area (Å²) < 4.78 is 21.4. The number of hydrogen-bond donors (Lipinski definition) is 0. The first-order valence-corrected chi connectivity index (χ1v) is 6.66. The fourth-order valence-corrected chi connectivity index (χ4v) is 1.38. The van der Waals surface area contributed by atoms with Crippen molar-refractivity contribution in [3.8, 4) is 0 Å². The molecule has 0 rings (SSSR count). The normalized spacial score (nSPS) is 12.9. The van der Waals surface area contributed by atoms with E-state index in [1.807, 2.05) is 6.92 Å². The summed E-state index contributed by atoms with van der Waals surface area (Å²) in [5.41, 5.74) is 0. The van der Waals surface area contributed by atoms with Gasteiger partial charge in [0, 0.05) is 6.61 Å². The zero-order valence-corrected chi connectivity index (χ0v) is 11.6. The van der Waals surface area contributed by atoms with Gasteiger partial charge in [-0.25, -0.2) is 0 Å². The molecule has 0 radical (unpaired) electrons. The topological polar surface area (TPSA) is 36.9 Å². The minimum absolute atomic E-state index is 0.339. The van der Waals surface area contributed by atoms with Crippen LogP contribution in [0.25, 0.3) is 0 Å². The van der Waals surface area contributed by atoms with Crippen molar-refractivity contribution in [1.82, 2.24) is 0 Å². The third-order valence-electron chi connectivity index (χ3n) is 2.27. The van der Waals surface area contributed by atoms with Crippen LogP contribution in [0, 0.1) is 0 Å². The Labute approximate surface area is 106 Å². The Balaban J connectivity index is 2.98. The minimum atomic E-state index is 0.339. The van der Waals surface area contributed by atoms with E-state index in [0.29, 0.717) is 45.7 Å². The highest BCUT2D eigenvalue weighted by Crippen LogP contribution is 1.99. The molecule has 0 saturated heterocycles. The number of rotatable bonds is 13. The van der Waals surface area contributed by atoms with Gasteiger partial charge in [0.25, 0.3) is 0 Å². The van der Waals surface area contributed by atoms with Gasteiger partial charge in [0.2, 0.25) is 0 Å². The SMILES string of the molecule is CCCC(C)OCCOCCOCCOCC. The van der Waals surface area contributed by atoms with E-state index >= 15 is 0 Å². The average Bonchev–Trinajstić information content (AvgIpc) is 2.32. The van der Waals surface area contributed by atoms with Crippen molar-refractivity contribution in [3.05, 3.63) is 0 Å². The van der Waals surface area contributed by atoms with Crippen molar-refractivity contribution in [1.29, 1.82) is 0 Å². The lowest BCUT2D eigenvalue weighted by atomic mass is 10.2. The fourth-order valence-electron chi connectivity index (χ4n) is 1.38. The van der Waals surface area contributed by atoms with E-state index in [1.165, 1.54) is 0 Å². The van der Waals surface area contributed by atoms with E-state index < -0.39 is 0 Å². The summed E-state index contributed by atoms with van der Waals surface area (Å²) in [5.74, 6) is 0. The monoisotopic (exact) mass is 248 g/mol. The predicted octanol–water partition coefficient (Wildman–Crippen LogP) is 2.26. The molecule has 0 fully saturated rings. The summed E-state index contributed by atoms with van der Waals surface area (Å²) in [6, 6.07) is 0. The molecule has 0 N–H and O–H groups in total. The maximum Gasteiger partial charge on any atom is 0.0704 e. The van der Waals surface area contributed by atoms with E-state index in [2.05, 4.69) is 13.8 Å². The molecule has 0 amide bonds. The molecular formula is C13H28O4. The lowest BCUT2D eigenvalue weighted by molar-refractivity contribution is -0.0158. The van der Waals surface area contributed by atoms with Gasteiger partial charge in [0.1, 0.15) is 0 Å². The summed E-state index contributed by atoms with van der Waals surface area (Å²) in [7, 11) is 0. The van der Waals surface area contributed by atoms with Gasteiger partial charge in [-0.3, -0.25) is 0 Å². The van der Waals surface area contributed by atoms with Gasteiger partial charge in [0.05, 0.1) is 45.7 Å². The lowest BCUT2D eigenvalue weighted by Crippen LogP contribution is -2.15. The second-order valence-corrected chi connectivity index (χ2v) is 3.89. The van der Waals surface area contributed by atoms with Gasteiger partial charge < -0.3 is 18.9 Å². The molecule has 0 spiro atoms. The largest absolute Gasteiger partial charge is 0.379 e. The van der Waals surface area contributed by atoms with E-state index in [-0.39, 0.29) is 0 Å². The molecule has 0 aliphatic carbocycles. The molecule has 1 unspecified atom stereocenters. The highest BCUT2D eigenvalue weighted by atomic mass is 16.6. The molecule has 0 aromatic rings. The van der Waals surface area contributed by atoms with Crippen molar-refractivity contribution >= 4 is 0 Å². The summed E-state index contributed by atoms with van der Waals surface area (Å²) >= 11 is 0. The molecular weight excluding hydrogens is 220 g/mol.